The summed E-state index contributed by atoms with van der Waals surface area (Å²) in [5, 5.41) is 0. The highest BCUT2D eigenvalue weighted by Gasteiger charge is 2.48. The number of aryl methyl sites for hydroxylation is 1. The van der Waals surface area contributed by atoms with Gasteiger partial charge in [-0.2, -0.15) is 0 Å². The molecule has 2 heterocycles. The van der Waals surface area contributed by atoms with Gasteiger partial charge in [0.25, 0.3) is 5.79 Å². The van der Waals surface area contributed by atoms with Crippen molar-refractivity contribution in [3.63, 3.8) is 0 Å². The van der Waals surface area contributed by atoms with Crippen LogP contribution < -0.4 is 4.90 Å². The van der Waals surface area contributed by atoms with Crippen molar-refractivity contribution in [1.29, 1.82) is 0 Å². The summed E-state index contributed by atoms with van der Waals surface area (Å²) in [6.45, 7) is 2.00. The average molecular weight is 345 g/mol. The molecule has 1 aliphatic carbocycles. The number of benzene rings is 1. The Labute approximate surface area is 145 Å². The third kappa shape index (κ3) is 2.79. The molecule has 6 heteroatoms. The van der Waals surface area contributed by atoms with E-state index in [1.165, 1.54) is 18.3 Å². The highest BCUT2D eigenvalue weighted by Crippen LogP contribution is 2.39. The zero-order valence-corrected chi connectivity index (χ0v) is 14.1. The number of carbonyl (C=O) groups excluding carboxylic acids is 2. The maximum atomic E-state index is 13.5. The molecule has 1 aromatic rings. The number of nitrogens with zero attached hydrogens (tertiary/aromatic N) is 1. The van der Waals surface area contributed by atoms with Crippen LogP contribution >= 0.6 is 0 Å². The Morgan fingerprint density at radius 3 is 2.56 bits per heavy atom. The number of fused-ring (bicyclic) bond motifs is 1. The van der Waals surface area contributed by atoms with Crippen molar-refractivity contribution in [3.8, 4) is 0 Å². The van der Waals surface area contributed by atoms with Crippen LogP contribution in [0.3, 0.4) is 0 Å². The monoisotopic (exact) mass is 345 g/mol. The first kappa shape index (κ1) is 16.1. The molecule has 1 saturated carbocycles. The fraction of sp³-hybridized carbons (Fsp3) is 0.474. The number of carbonyl (C=O) groups is 2. The molecule has 0 radical (unpaired) electrons. The maximum absolute atomic E-state index is 13.5. The molecule has 0 N–H and O–H groups in total. The van der Waals surface area contributed by atoms with Crippen LogP contribution in [0.2, 0.25) is 0 Å². The first-order valence-corrected chi connectivity index (χ1v) is 8.73. The number of halogens is 1. The van der Waals surface area contributed by atoms with Crippen LogP contribution in [-0.2, 0) is 25.5 Å². The van der Waals surface area contributed by atoms with E-state index in [1.807, 2.05) is 11.8 Å². The molecule has 4 rings (SSSR count). The molecule has 2 fully saturated rings. The molecule has 0 amide bonds. The SMILES string of the molecule is CC1CCc2cc(F)ccc2N1C=C1C(=O)OC2(CCCC2)OC1=O. The van der Waals surface area contributed by atoms with Crippen molar-refractivity contribution in [3.05, 3.63) is 41.4 Å². The summed E-state index contributed by atoms with van der Waals surface area (Å²) < 4.78 is 24.4. The van der Waals surface area contributed by atoms with E-state index >= 15 is 0 Å². The highest BCUT2D eigenvalue weighted by atomic mass is 19.1. The Hall–Kier alpha value is -2.37. The van der Waals surface area contributed by atoms with E-state index in [-0.39, 0.29) is 17.4 Å². The van der Waals surface area contributed by atoms with Gasteiger partial charge < -0.3 is 14.4 Å². The van der Waals surface area contributed by atoms with Gasteiger partial charge in [-0.05, 0) is 56.4 Å². The normalized spacial score (nSPS) is 24.8. The number of ether oxygens (including phenoxy) is 2. The van der Waals surface area contributed by atoms with Crippen LogP contribution in [-0.4, -0.2) is 23.8 Å². The van der Waals surface area contributed by atoms with Gasteiger partial charge in [-0.25, -0.2) is 14.0 Å². The Bertz CT molecular complexity index is 745. The lowest BCUT2D eigenvalue weighted by Crippen LogP contribution is -2.45. The molecule has 1 saturated heterocycles. The molecule has 0 bridgehead atoms. The van der Waals surface area contributed by atoms with E-state index in [9.17, 15) is 14.0 Å². The third-order valence-electron chi connectivity index (χ3n) is 5.26. The number of anilines is 1. The van der Waals surface area contributed by atoms with E-state index < -0.39 is 17.7 Å². The van der Waals surface area contributed by atoms with Gasteiger partial charge >= 0.3 is 11.9 Å². The van der Waals surface area contributed by atoms with E-state index in [0.29, 0.717) is 12.8 Å². The van der Waals surface area contributed by atoms with Crippen LogP contribution in [0.25, 0.3) is 0 Å². The number of rotatable bonds is 1. The third-order valence-corrected chi connectivity index (χ3v) is 5.26. The van der Waals surface area contributed by atoms with Crippen LogP contribution in [0.5, 0.6) is 0 Å². The Morgan fingerprint density at radius 2 is 1.88 bits per heavy atom. The van der Waals surface area contributed by atoms with E-state index in [0.717, 1.165) is 36.9 Å². The predicted octanol–water partition coefficient (Wildman–Crippen LogP) is 3.22. The predicted molar refractivity (Wildman–Crippen MR) is 88.1 cm³/mol. The van der Waals surface area contributed by atoms with Crippen LogP contribution in [0.15, 0.2) is 30.0 Å². The van der Waals surface area contributed by atoms with Crippen molar-refractivity contribution in [2.24, 2.45) is 0 Å². The van der Waals surface area contributed by atoms with Crippen molar-refractivity contribution >= 4 is 17.6 Å². The number of hydrogen-bond donors (Lipinski definition) is 0. The van der Waals surface area contributed by atoms with Gasteiger partial charge in [0.1, 0.15) is 5.82 Å². The van der Waals surface area contributed by atoms with Crippen molar-refractivity contribution in [2.75, 3.05) is 4.90 Å². The zero-order valence-electron chi connectivity index (χ0n) is 14.1. The van der Waals surface area contributed by atoms with Gasteiger partial charge in [-0.3, -0.25) is 0 Å². The molecule has 1 unspecified atom stereocenters. The summed E-state index contributed by atoms with van der Waals surface area (Å²) in [5.74, 6) is -2.64. The smallest absolute Gasteiger partial charge is 0.350 e. The summed E-state index contributed by atoms with van der Waals surface area (Å²) in [4.78, 5) is 26.7. The lowest BCUT2D eigenvalue weighted by molar-refractivity contribution is -0.232. The number of hydrogen-bond acceptors (Lipinski definition) is 5. The molecule has 25 heavy (non-hydrogen) atoms. The van der Waals surface area contributed by atoms with Gasteiger partial charge in [-0.15, -0.1) is 0 Å². The van der Waals surface area contributed by atoms with Gasteiger partial charge in [0, 0.05) is 30.8 Å². The minimum absolute atomic E-state index is 0.0772. The molecule has 1 aromatic carbocycles. The van der Waals surface area contributed by atoms with E-state index in [4.69, 9.17) is 9.47 Å². The van der Waals surface area contributed by atoms with Crippen molar-refractivity contribution in [2.45, 2.75) is 57.3 Å². The topological polar surface area (TPSA) is 55.8 Å². The van der Waals surface area contributed by atoms with E-state index in [1.54, 1.807) is 6.07 Å². The molecule has 132 valence electrons. The molecule has 3 aliphatic rings. The highest BCUT2D eigenvalue weighted by molar-refractivity contribution is 6.15. The van der Waals surface area contributed by atoms with Gasteiger partial charge in [0.15, 0.2) is 5.57 Å². The Morgan fingerprint density at radius 1 is 1.20 bits per heavy atom. The summed E-state index contributed by atoms with van der Waals surface area (Å²) in [6.07, 6.45) is 5.91. The number of esters is 2. The average Bonchev–Trinajstić information content (AvgIpc) is 3.00. The zero-order chi connectivity index (χ0) is 17.6. The molecule has 2 aliphatic heterocycles. The first-order valence-electron chi connectivity index (χ1n) is 8.73. The fourth-order valence-corrected chi connectivity index (χ4v) is 3.86. The molecular formula is C19H20FNO4. The lowest BCUT2D eigenvalue weighted by Gasteiger charge is -2.37. The molecule has 1 spiro atoms. The lowest BCUT2D eigenvalue weighted by atomic mass is 9.96. The van der Waals surface area contributed by atoms with E-state index in [2.05, 4.69) is 0 Å². The second kappa shape index (κ2) is 5.86. The van der Waals surface area contributed by atoms with Crippen LogP contribution in [0.4, 0.5) is 10.1 Å². The van der Waals surface area contributed by atoms with Gasteiger partial charge in [-0.1, -0.05) is 0 Å². The molecule has 5 nitrogen and oxygen atoms in total. The quantitative estimate of drug-likeness (QED) is 0.444. The standard InChI is InChI=1S/C19H20FNO4/c1-12-4-5-13-10-14(20)6-7-16(13)21(12)11-15-17(22)24-19(25-18(15)23)8-2-3-9-19/h6-7,10-12H,2-5,8-9H2,1H3. The maximum Gasteiger partial charge on any atom is 0.350 e. The van der Waals surface area contributed by atoms with Crippen molar-refractivity contribution in [1.82, 2.24) is 0 Å². The van der Waals surface area contributed by atoms with Crippen molar-refractivity contribution < 1.29 is 23.5 Å². The Balaban J connectivity index is 1.66. The van der Waals surface area contributed by atoms with Gasteiger partial charge in [0.05, 0.1) is 0 Å². The molecular weight excluding hydrogens is 325 g/mol. The summed E-state index contributed by atoms with van der Waals surface area (Å²) >= 11 is 0. The van der Waals surface area contributed by atoms with Gasteiger partial charge in [0.2, 0.25) is 0 Å². The summed E-state index contributed by atoms with van der Waals surface area (Å²) in [7, 11) is 0. The molecule has 0 aromatic heterocycles. The largest absolute Gasteiger partial charge is 0.419 e. The minimum Gasteiger partial charge on any atom is -0.419 e. The minimum atomic E-state index is -1.07. The Kier molecular flexibility index (Phi) is 3.78. The second-order valence-corrected chi connectivity index (χ2v) is 7.01. The van der Waals surface area contributed by atoms with Crippen LogP contribution in [0.1, 0.15) is 44.6 Å². The summed E-state index contributed by atoms with van der Waals surface area (Å²) in [5.41, 5.74) is 1.55. The fourth-order valence-electron chi connectivity index (χ4n) is 3.86. The summed E-state index contributed by atoms with van der Waals surface area (Å²) in [6, 6.07) is 4.63. The first-order chi connectivity index (χ1) is 12.0. The second-order valence-electron chi connectivity index (χ2n) is 7.01. The van der Waals surface area contributed by atoms with Crippen LogP contribution in [0, 0.1) is 5.82 Å². The molecule has 1 atom stereocenters.